The number of esters is 1. The normalized spacial score (nSPS) is 26.1. The Labute approximate surface area is 162 Å². The van der Waals surface area contributed by atoms with Gasteiger partial charge in [0.1, 0.15) is 5.82 Å². The van der Waals surface area contributed by atoms with Crippen LogP contribution < -0.4 is 5.32 Å². The Bertz CT molecular complexity index is 888. The number of carbonyl (C=O) groups excluding carboxylic acids is 2. The number of carbonyl (C=O) groups is 2. The van der Waals surface area contributed by atoms with E-state index in [0.29, 0.717) is 11.4 Å². The smallest absolute Gasteiger partial charge is 0.410 e. The molecular formula is C20H23N3O5. The van der Waals surface area contributed by atoms with Gasteiger partial charge >= 0.3 is 12.1 Å². The van der Waals surface area contributed by atoms with Gasteiger partial charge in [-0.15, -0.1) is 0 Å². The number of H-pyrrole nitrogens is 1. The van der Waals surface area contributed by atoms with E-state index in [1.54, 1.807) is 0 Å². The SMILES string of the molecule is COC(=O)C1=COC(OC(=O)NCc2nc3ccccc3[nH]2)C2C(C)CCC12. The molecule has 1 aliphatic carbocycles. The Hall–Kier alpha value is -3.03. The second-order valence-electron chi connectivity index (χ2n) is 7.27. The van der Waals surface area contributed by atoms with Crippen molar-refractivity contribution in [2.75, 3.05) is 7.11 Å². The number of para-hydroxylation sites is 2. The quantitative estimate of drug-likeness (QED) is 0.785. The van der Waals surface area contributed by atoms with Gasteiger partial charge in [-0.1, -0.05) is 19.1 Å². The summed E-state index contributed by atoms with van der Waals surface area (Å²) in [6.45, 7) is 2.30. The number of hydrogen-bond donors (Lipinski definition) is 2. The molecule has 2 aliphatic rings. The van der Waals surface area contributed by atoms with Crippen LogP contribution in [0.1, 0.15) is 25.6 Å². The molecule has 28 heavy (non-hydrogen) atoms. The molecule has 0 spiro atoms. The molecule has 2 aromatic rings. The van der Waals surface area contributed by atoms with Gasteiger partial charge in [-0.05, 0) is 30.9 Å². The maximum atomic E-state index is 12.3. The van der Waals surface area contributed by atoms with Crippen LogP contribution in [-0.2, 0) is 25.5 Å². The number of alkyl carbamates (subject to hydrolysis) is 1. The topological polar surface area (TPSA) is 103 Å². The van der Waals surface area contributed by atoms with Crippen molar-refractivity contribution in [2.24, 2.45) is 17.8 Å². The first kappa shape index (κ1) is 18.3. The lowest BCUT2D eigenvalue weighted by Crippen LogP contribution is -2.41. The van der Waals surface area contributed by atoms with Gasteiger partial charge in [0.05, 0.1) is 36.5 Å². The monoisotopic (exact) mass is 385 g/mol. The van der Waals surface area contributed by atoms with Gasteiger partial charge in [0, 0.05) is 11.8 Å². The molecule has 8 heteroatoms. The molecule has 0 radical (unpaired) electrons. The van der Waals surface area contributed by atoms with Crippen LogP contribution in [0.15, 0.2) is 36.1 Å². The predicted molar refractivity (Wildman–Crippen MR) is 99.8 cm³/mol. The van der Waals surface area contributed by atoms with Gasteiger partial charge in [-0.3, -0.25) is 0 Å². The Morgan fingerprint density at radius 2 is 2.14 bits per heavy atom. The van der Waals surface area contributed by atoms with Crippen molar-refractivity contribution in [1.82, 2.24) is 15.3 Å². The molecule has 4 unspecified atom stereocenters. The summed E-state index contributed by atoms with van der Waals surface area (Å²) in [7, 11) is 1.35. The highest BCUT2D eigenvalue weighted by molar-refractivity contribution is 5.89. The summed E-state index contributed by atoms with van der Waals surface area (Å²) in [5.41, 5.74) is 2.26. The number of rotatable bonds is 4. The molecule has 1 aromatic carbocycles. The lowest BCUT2D eigenvalue weighted by atomic mass is 9.83. The average molecular weight is 385 g/mol. The number of methoxy groups -OCH3 is 1. The van der Waals surface area contributed by atoms with Gasteiger partial charge in [0.15, 0.2) is 0 Å². The molecule has 1 amide bonds. The van der Waals surface area contributed by atoms with Crippen molar-refractivity contribution in [1.29, 1.82) is 0 Å². The first-order valence-corrected chi connectivity index (χ1v) is 9.38. The molecule has 1 aromatic heterocycles. The molecule has 1 fully saturated rings. The second kappa shape index (κ2) is 7.53. The minimum Gasteiger partial charge on any atom is -0.466 e. The molecule has 0 saturated heterocycles. The van der Waals surface area contributed by atoms with E-state index in [-0.39, 0.29) is 24.3 Å². The molecule has 1 aliphatic heterocycles. The Morgan fingerprint density at radius 1 is 1.32 bits per heavy atom. The number of aromatic nitrogens is 2. The summed E-state index contributed by atoms with van der Waals surface area (Å²) in [6, 6.07) is 7.65. The van der Waals surface area contributed by atoms with Crippen LogP contribution in [0.4, 0.5) is 4.79 Å². The minimum absolute atomic E-state index is 0.0237. The van der Waals surface area contributed by atoms with E-state index in [0.717, 1.165) is 23.9 Å². The number of nitrogens with one attached hydrogen (secondary N) is 2. The third-order valence-electron chi connectivity index (χ3n) is 5.58. The molecule has 8 nitrogen and oxygen atoms in total. The highest BCUT2D eigenvalue weighted by Crippen LogP contribution is 2.46. The summed E-state index contributed by atoms with van der Waals surface area (Å²) in [6.07, 6.45) is 1.84. The van der Waals surface area contributed by atoms with Crippen molar-refractivity contribution in [3.63, 3.8) is 0 Å². The van der Waals surface area contributed by atoms with Crippen LogP contribution in [0.2, 0.25) is 0 Å². The number of aromatic amines is 1. The van der Waals surface area contributed by atoms with Crippen molar-refractivity contribution < 1.29 is 23.8 Å². The molecular weight excluding hydrogens is 362 g/mol. The standard InChI is InChI=1S/C20H23N3O5/c1-11-7-8-12-13(18(24)26-2)10-27-19(17(11)12)28-20(25)21-9-16-22-14-5-3-4-6-15(14)23-16/h3-6,10-12,17,19H,7-9H2,1-2H3,(H,21,25)(H,22,23). The van der Waals surface area contributed by atoms with Gasteiger partial charge in [-0.25, -0.2) is 14.6 Å². The Balaban J connectivity index is 1.39. The summed E-state index contributed by atoms with van der Waals surface area (Å²) in [5, 5.41) is 2.70. The fraction of sp³-hybridized carbons (Fsp3) is 0.450. The predicted octanol–water partition coefficient (Wildman–Crippen LogP) is 2.86. The zero-order chi connectivity index (χ0) is 19.7. The van der Waals surface area contributed by atoms with Gasteiger partial charge in [-0.2, -0.15) is 0 Å². The van der Waals surface area contributed by atoms with Crippen LogP contribution in [-0.4, -0.2) is 35.4 Å². The van der Waals surface area contributed by atoms with Crippen molar-refractivity contribution in [3.8, 4) is 0 Å². The lowest BCUT2D eigenvalue weighted by Gasteiger charge is -2.34. The number of amides is 1. The molecule has 4 atom stereocenters. The number of ether oxygens (including phenoxy) is 3. The zero-order valence-corrected chi connectivity index (χ0v) is 15.8. The van der Waals surface area contributed by atoms with E-state index in [1.165, 1.54) is 13.4 Å². The maximum Gasteiger partial charge on any atom is 0.410 e. The molecule has 2 heterocycles. The van der Waals surface area contributed by atoms with Crippen molar-refractivity contribution in [2.45, 2.75) is 32.6 Å². The summed E-state index contributed by atoms with van der Waals surface area (Å²) in [5.74, 6) is 0.423. The Kier molecular flexibility index (Phi) is 4.93. The zero-order valence-electron chi connectivity index (χ0n) is 15.8. The number of benzene rings is 1. The highest BCUT2D eigenvalue weighted by atomic mass is 16.7. The lowest BCUT2D eigenvalue weighted by molar-refractivity contribution is -0.145. The third kappa shape index (κ3) is 3.42. The van der Waals surface area contributed by atoms with Crippen LogP contribution in [0.25, 0.3) is 11.0 Å². The molecule has 0 bridgehead atoms. The van der Waals surface area contributed by atoms with Crippen molar-refractivity contribution in [3.05, 3.63) is 41.9 Å². The van der Waals surface area contributed by atoms with Gasteiger partial charge < -0.3 is 24.5 Å². The van der Waals surface area contributed by atoms with Crippen LogP contribution in [0.3, 0.4) is 0 Å². The average Bonchev–Trinajstić information content (AvgIpc) is 3.30. The summed E-state index contributed by atoms with van der Waals surface area (Å²) < 4.78 is 16.0. The van der Waals surface area contributed by atoms with Gasteiger partial charge in [0.2, 0.25) is 6.29 Å². The summed E-state index contributed by atoms with van der Waals surface area (Å²) >= 11 is 0. The van der Waals surface area contributed by atoms with Crippen LogP contribution >= 0.6 is 0 Å². The van der Waals surface area contributed by atoms with E-state index in [9.17, 15) is 9.59 Å². The molecule has 1 saturated carbocycles. The second-order valence-corrected chi connectivity index (χ2v) is 7.27. The van der Waals surface area contributed by atoms with Crippen LogP contribution in [0.5, 0.6) is 0 Å². The maximum absolute atomic E-state index is 12.3. The van der Waals surface area contributed by atoms with E-state index in [2.05, 4.69) is 22.2 Å². The van der Waals surface area contributed by atoms with Crippen molar-refractivity contribution >= 4 is 23.1 Å². The van der Waals surface area contributed by atoms with E-state index in [1.807, 2.05) is 24.3 Å². The minimum atomic E-state index is -0.730. The molecule has 2 N–H and O–H groups in total. The fourth-order valence-electron chi connectivity index (χ4n) is 4.18. The summed E-state index contributed by atoms with van der Waals surface area (Å²) in [4.78, 5) is 31.8. The molecule has 148 valence electrons. The first-order chi connectivity index (χ1) is 13.6. The number of fused-ring (bicyclic) bond motifs is 2. The number of imidazole rings is 1. The molecule has 4 rings (SSSR count). The highest BCUT2D eigenvalue weighted by Gasteiger charge is 2.48. The van der Waals surface area contributed by atoms with E-state index in [4.69, 9.17) is 14.2 Å². The largest absolute Gasteiger partial charge is 0.466 e. The number of nitrogens with zero attached hydrogens (tertiary/aromatic N) is 1. The fourth-order valence-corrected chi connectivity index (χ4v) is 4.18. The Morgan fingerprint density at radius 3 is 2.93 bits per heavy atom. The first-order valence-electron chi connectivity index (χ1n) is 9.38. The van der Waals surface area contributed by atoms with E-state index >= 15 is 0 Å². The number of hydrogen-bond acceptors (Lipinski definition) is 6. The third-order valence-corrected chi connectivity index (χ3v) is 5.58. The van der Waals surface area contributed by atoms with E-state index < -0.39 is 18.4 Å². The van der Waals surface area contributed by atoms with Crippen LogP contribution in [0, 0.1) is 17.8 Å². The van der Waals surface area contributed by atoms with Gasteiger partial charge in [0.25, 0.3) is 0 Å².